The van der Waals surface area contributed by atoms with Gasteiger partial charge in [-0.05, 0) is 54.8 Å². The molecule has 0 bridgehead atoms. The van der Waals surface area contributed by atoms with Crippen LogP contribution in [-0.2, 0) is 16.0 Å². The van der Waals surface area contributed by atoms with Gasteiger partial charge in [0.05, 0.1) is 17.3 Å². The van der Waals surface area contributed by atoms with Crippen LogP contribution in [0.15, 0.2) is 103 Å². The van der Waals surface area contributed by atoms with Gasteiger partial charge in [0.25, 0.3) is 0 Å². The number of rotatable bonds is 13. The minimum absolute atomic E-state index is 0.0229. The second-order valence-electron chi connectivity index (χ2n) is 10.5. The number of carbonyl (C=O) groups excluding carboxylic acids is 2. The zero-order valence-corrected chi connectivity index (χ0v) is 24.4. The van der Waals surface area contributed by atoms with Crippen LogP contribution in [0.1, 0.15) is 40.7 Å². The number of ketones is 1. The first-order valence-corrected chi connectivity index (χ1v) is 14.7. The number of halogens is 1. The molecule has 7 nitrogen and oxygen atoms in total. The number of carbonyl (C=O) groups is 3. The van der Waals surface area contributed by atoms with Crippen molar-refractivity contribution in [3.05, 3.63) is 125 Å². The Labute approximate surface area is 256 Å². The maximum atomic E-state index is 13.1. The van der Waals surface area contributed by atoms with Crippen molar-refractivity contribution in [1.29, 1.82) is 0 Å². The molecule has 4 aromatic rings. The number of benzene rings is 4. The smallest absolute Gasteiger partial charge is 0.326 e. The first-order valence-electron chi connectivity index (χ1n) is 14.4. The number of hydrogen-bond donors (Lipinski definition) is 2. The third kappa shape index (κ3) is 7.43. The van der Waals surface area contributed by atoms with Crippen LogP contribution in [-0.4, -0.2) is 42.0 Å². The standard InChI is InChI=1S/C35H33ClN2O5/c36-29-14-5-7-16-32(29)38(34(40)26-11-8-12-26)21-22-43-27-19-17-24(18-20-27)23-31(35(41)42)37-30-15-6-4-13-28(30)33(39)25-9-2-1-3-10-25/h1-7,9-10,13-20,26,31,37H,8,11-12,21-23H2,(H,41,42). The summed E-state index contributed by atoms with van der Waals surface area (Å²) in [6.07, 6.45) is 3.04. The molecule has 43 heavy (non-hydrogen) atoms. The lowest BCUT2D eigenvalue weighted by molar-refractivity contribution is -0.137. The minimum Gasteiger partial charge on any atom is -0.492 e. The van der Waals surface area contributed by atoms with Crippen molar-refractivity contribution < 1.29 is 24.2 Å². The fourth-order valence-corrected chi connectivity index (χ4v) is 5.29. The number of carboxylic acids is 1. The quantitative estimate of drug-likeness (QED) is 0.163. The lowest BCUT2D eigenvalue weighted by atomic mass is 9.84. The van der Waals surface area contributed by atoms with E-state index in [9.17, 15) is 19.5 Å². The number of anilines is 2. The Bertz CT molecular complexity index is 1570. The van der Waals surface area contributed by atoms with Gasteiger partial charge in [-0.3, -0.25) is 9.59 Å². The fraction of sp³-hybridized carbons (Fsp3) is 0.229. The molecule has 0 spiro atoms. The molecule has 1 aliphatic carbocycles. The van der Waals surface area contributed by atoms with Crippen LogP contribution in [0, 0.1) is 5.92 Å². The molecule has 1 unspecified atom stereocenters. The average molecular weight is 597 g/mol. The van der Waals surface area contributed by atoms with Gasteiger partial charge < -0.3 is 20.1 Å². The first-order chi connectivity index (χ1) is 20.9. The predicted molar refractivity (Wildman–Crippen MR) is 168 cm³/mol. The van der Waals surface area contributed by atoms with E-state index in [1.807, 2.05) is 36.4 Å². The van der Waals surface area contributed by atoms with E-state index < -0.39 is 12.0 Å². The second-order valence-corrected chi connectivity index (χ2v) is 10.9. The van der Waals surface area contributed by atoms with E-state index in [1.54, 1.807) is 71.6 Å². The molecule has 4 aromatic carbocycles. The highest BCUT2D eigenvalue weighted by Gasteiger charge is 2.31. The van der Waals surface area contributed by atoms with Crippen LogP contribution in [0.2, 0.25) is 5.02 Å². The highest BCUT2D eigenvalue weighted by Crippen LogP contribution is 2.33. The molecule has 0 saturated heterocycles. The third-order valence-corrected chi connectivity index (χ3v) is 7.97. The summed E-state index contributed by atoms with van der Waals surface area (Å²) in [6.45, 7) is 0.626. The third-order valence-electron chi connectivity index (χ3n) is 7.65. The van der Waals surface area contributed by atoms with Gasteiger partial charge in [0.1, 0.15) is 18.4 Å². The maximum absolute atomic E-state index is 13.1. The van der Waals surface area contributed by atoms with Crippen molar-refractivity contribution in [1.82, 2.24) is 0 Å². The second kappa shape index (κ2) is 14.0. The number of nitrogens with one attached hydrogen (secondary N) is 1. The summed E-state index contributed by atoms with van der Waals surface area (Å²) in [5.41, 5.74) is 2.87. The van der Waals surface area contributed by atoms with Crippen LogP contribution >= 0.6 is 11.6 Å². The Morgan fingerprint density at radius 1 is 0.884 bits per heavy atom. The van der Waals surface area contributed by atoms with Gasteiger partial charge in [-0.15, -0.1) is 0 Å². The molecule has 0 aliphatic heterocycles. The summed E-state index contributed by atoms with van der Waals surface area (Å²) in [7, 11) is 0. The van der Waals surface area contributed by atoms with Gasteiger partial charge >= 0.3 is 5.97 Å². The van der Waals surface area contributed by atoms with Gasteiger partial charge in [0.2, 0.25) is 5.91 Å². The number of ether oxygens (including phenoxy) is 1. The lowest BCUT2D eigenvalue weighted by Crippen LogP contribution is -2.41. The summed E-state index contributed by atoms with van der Waals surface area (Å²) >= 11 is 6.41. The normalized spacial score (nSPS) is 13.4. The van der Waals surface area contributed by atoms with E-state index in [2.05, 4.69) is 5.32 Å². The van der Waals surface area contributed by atoms with E-state index in [0.717, 1.165) is 24.8 Å². The van der Waals surface area contributed by atoms with Crippen LogP contribution < -0.4 is 15.0 Å². The summed E-state index contributed by atoms with van der Waals surface area (Å²) in [6, 6.07) is 29.4. The predicted octanol–water partition coefficient (Wildman–Crippen LogP) is 6.89. The van der Waals surface area contributed by atoms with E-state index in [1.165, 1.54) is 0 Å². The van der Waals surface area contributed by atoms with Crippen molar-refractivity contribution >= 4 is 40.6 Å². The number of carboxylic acid groups (broad SMARTS) is 1. The van der Waals surface area contributed by atoms with Gasteiger partial charge in [0, 0.05) is 29.2 Å². The van der Waals surface area contributed by atoms with Crippen LogP contribution in [0.25, 0.3) is 0 Å². The molecule has 2 N–H and O–H groups in total. The number of amides is 1. The molecular formula is C35H33ClN2O5. The highest BCUT2D eigenvalue weighted by atomic mass is 35.5. The molecular weight excluding hydrogens is 564 g/mol. The van der Waals surface area contributed by atoms with Gasteiger partial charge in [0.15, 0.2) is 5.78 Å². The van der Waals surface area contributed by atoms with Crippen molar-refractivity contribution in [3.8, 4) is 5.75 Å². The lowest BCUT2D eigenvalue weighted by Gasteiger charge is -2.32. The minimum atomic E-state index is -1.03. The summed E-state index contributed by atoms with van der Waals surface area (Å²) in [4.78, 5) is 40.1. The van der Waals surface area contributed by atoms with Crippen molar-refractivity contribution in [2.75, 3.05) is 23.4 Å². The number of hydrogen-bond acceptors (Lipinski definition) is 5. The molecule has 8 heteroatoms. The first kappa shape index (κ1) is 29.9. The van der Waals surface area contributed by atoms with E-state index in [4.69, 9.17) is 16.3 Å². The zero-order chi connectivity index (χ0) is 30.2. The highest BCUT2D eigenvalue weighted by molar-refractivity contribution is 6.33. The van der Waals surface area contributed by atoms with Crippen molar-refractivity contribution in [2.24, 2.45) is 5.92 Å². The monoisotopic (exact) mass is 596 g/mol. The van der Waals surface area contributed by atoms with Gasteiger partial charge in [-0.25, -0.2) is 4.79 Å². The van der Waals surface area contributed by atoms with E-state index in [0.29, 0.717) is 39.8 Å². The Balaban J connectivity index is 1.21. The van der Waals surface area contributed by atoms with E-state index >= 15 is 0 Å². The molecule has 1 aliphatic rings. The van der Waals surface area contributed by atoms with Crippen molar-refractivity contribution in [2.45, 2.75) is 31.7 Å². The molecule has 1 atom stereocenters. The Morgan fingerprint density at radius 3 is 2.23 bits per heavy atom. The largest absolute Gasteiger partial charge is 0.492 e. The van der Waals surface area contributed by atoms with Crippen molar-refractivity contribution in [3.63, 3.8) is 0 Å². The number of nitrogens with zero attached hydrogens (tertiary/aromatic N) is 1. The van der Waals surface area contributed by atoms with Crippen LogP contribution in [0.4, 0.5) is 11.4 Å². The van der Waals surface area contributed by atoms with Gasteiger partial charge in [-0.1, -0.05) is 84.8 Å². The number of aliphatic carboxylic acids is 1. The summed E-state index contributed by atoms with van der Waals surface area (Å²) in [5, 5.41) is 13.5. The topological polar surface area (TPSA) is 95.9 Å². The SMILES string of the molecule is O=C(c1ccccc1)c1ccccc1NC(Cc1ccc(OCCN(C(=O)C2CCC2)c2ccccc2Cl)cc1)C(=O)O. The van der Waals surface area contributed by atoms with E-state index in [-0.39, 0.29) is 30.6 Å². The van der Waals surface area contributed by atoms with Crippen LogP contribution in [0.5, 0.6) is 5.75 Å². The molecule has 0 heterocycles. The molecule has 1 saturated carbocycles. The summed E-state index contributed by atoms with van der Waals surface area (Å²) < 4.78 is 5.96. The average Bonchev–Trinajstić information content (AvgIpc) is 2.99. The molecule has 1 amide bonds. The molecule has 1 fully saturated rings. The van der Waals surface area contributed by atoms with Gasteiger partial charge in [-0.2, -0.15) is 0 Å². The maximum Gasteiger partial charge on any atom is 0.326 e. The van der Waals surface area contributed by atoms with Crippen LogP contribution in [0.3, 0.4) is 0 Å². The number of para-hydroxylation sites is 2. The zero-order valence-electron chi connectivity index (χ0n) is 23.6. The fourth-order valence-electron chi connectivity index (χ4n) is 5.05. The molecule has 0 radical (unpaired) electrons. The molecule has 220 valence electrons. The molecule has 0 aromatic heterocycles. The Morgan fingerprint density at radius 2 is 1.56 bits per heavy atom. The Hall–Kier alpha value is -4.62. The Kier molecular flexibility index (Phi) is 9.74. The summed E-state index contributed by atoms with van der Waals surface area (Å²) in [5.74, 6) is -0.514. The molecule has 5 rings (SSSR count).